The Hall–Kier alpha value is -0.300. The number of primary amides is 1. The lowest BCUT2D eigenvalue weighted by atomic mass is 10.2. The van der Waals surface area contributed by atoms with Crippen LogP contribution in [0.25, 0.3) is 0 Å². The molecule has 3 atom stereocenters. The number of nitrogens with one attached hydrogen (secondary N) is 1. The molecule has 0 saturated carbocycles. The smallest absolute Gasteiger partial charge is 0.235 e. The largest absolute Gasteiger partial charge is 0.395 e. The van der Waals surface area contributed by atoms with Crippen molar-refractivity contribution in [1.29, 1.82) is 0 Å². The van der Waals surface area contributed by atoms with Gasteiger partial charge in [-0.25, -0.2) is 0 Å². The molecule has 6 N–H and O–H groups in total. The van der Waals surface area contributed by atoms with Gasteiger partial charge in [-0.05, 0) is 13.2 Å². The van der Waals surface area contributed by atoms with Gasteiger partial charge in [0.25, 0.3) is 0 Å². The lowest BCUT2D eigenvalue weighted by Crippen LogP contribution is -2.48. The van der Waals surface area contributed by atoms with Crippen LogP contribution in [0.4, 0.5) is 0 Å². The van der Waals surface area contributed by atoms with E-state index < -0.39 is 11.9 Å². The van der Waals surface area contributed by atoms with E-state index in [0.717, 1.165) is 0 Å². The molecule has 0 spiro atoms. The van der Waals surface area contributed by atoms with Gasteiger partial charge in [-0.2, -0.15) is 11.8 Å². The molecular weight excluding hydrogens is 202 g/mol. The third-order valence-electron chi connectivity index (χ3n) is 2.07. The van der Waals surface area contributed by atoms with E-state index >= 15 is 0 Å². The van der Waals surface area contributed by atoms with Crippen molar-refractivity contribution in [2.75, 3.05) is 19.4 Å². The van der Waals surface area contributed by atoms with Crippen molar-refractivity contribution < 1.29 is 9.90 Å². The third-order valence-corrected chi connectivity index (χ3v) is 3.23. The summed E-state index contributed by atoms with van der Waals surface area (Å²) in [7, 11) is 0. The Morgan fingerprint density at radius 2 is 2.21 bits per heavy atom. The minimum Gasteiger partial charge on any atom is -0.395 e. The summed E-state index contributed by atoms with van der Waals surface area (Å²) in [6.07, 6.45) is 1.92. The first-order valence-corrected chi connectivity index (χ1v) is 5.73. The van der Waals surface area contributed by atoms with Crippen molar-refractivity contribution in [3.8, 4) is 0 Å². The van der Waals surface area contributed by atoms with Gasteiger partial charge in [-0.15, -0.1) is 0 Å². The van der Waals surface area contributed by atoms with Crippen molar-refractivity contribution in [3.63, 3.8) is 0 Å². The minimum atomic E-state index is -0.668. The Morgan fingerprint density at radius 1 is 1.64 bits per heavy atom. The maximum absolute atomic E-state index is 10.6. The fourth-order valence-corrected chi connectivity index (χ4v) is 1.64. The van der Waals surface area contributed by atoms with Gasteiger partial charge in [-0.1, -0.05) is 0 Å². The van der Waals surface area contributed by atoms with Crippen LogP contribution in [0.15, 0.2) is 0 Å². The van der Waals surface area contributed by atoms with Crippen molar-refractivity contribution >= 4 is 17.7 Å². The summed E-state index contributed by atoms with van der Waals surface area (Å²) in [5.41, 5.74) is 10.4. The number of nitrogens with two attached hydrogens (primary N) is 2. The summed E-state index contributed by atoms with van der Waals surface area (Å²) < 4.78 is 0. The number of carbonyl (C=O) groups is 1. The first kappa shape index (κ1) is 13.7. The molecule has 5 nitrogen and oxygen atoms in total. The fourth-order valence-electron chi connectivity index (χ4n) is 0.982. The van der Waals surface area contributed by atoms with Gasteiger partial charge in [0.1, 0.15) is 0 Å². The molecule has 0 radical (unpaired) electrons. The lowest BCUT2D eigenvalue weighted by Gasteiger charge is -2.22. The molecule has 0 aromatic rings. The van der Waals surface area contributed by atoms with Gasteiger partial charge in [-0.3, -0.25) is 4.79 Å². The van der Waals surface area contributed by atoms with Gasteiger partial charge in [0, 0.05) is 17.8 Å². The van der Waals surface area contributed by atoms with E-state index in [0.29, 0.717) is 6.54 Å². The Kier molecular flexibility index (Phi) is 6.90. The van der Waals surface area contributed by atoms with E-state index in [4.69, 9.17) is 16.6 Å². The Balaban J connectivity index is 3.82. The average molecular weight is 221 g/mol. The zero-order valence-electron chi connectivity index (χ0n) is 8.56. The molecule has 0 aliphatic heterocycles. The van der Waals surface area contributed by atoms with Crippen LogP contribution in [-0.2, 0) is 4.79 Å². The lowest BCUT2D eigenvalue weighted by molar-refractivity contribution is -0.119. The van der Waals surface area contributed by atoms with Crippen LogP contribution in [-0.4, -0.2) is 47.8 Å². The van der Waals surface area contributed by atoms with Crippen LogP contribution in [0, 0.1) is 0 Å². The molecule has 0 bridgehead atoms. The van der Waals surface area contributed by atoms with Crippen molar-refractivity contribution in [1.82, 2.24) is 5.32 Å². The number of aliphatic hydroxyl groups excluding tert-OH is 1. The molecule has 0 aromatic carbocycles. The van der Waals surface area contributed by atoms with Gasteiger partial charge in [0.15, 0.2) is 0 Å². The quantitative estimate of drug-likeness (QED) is 0.419. The number of hydrogen-bond donors (Lipinski definition) is 4. The molecule has 0 fully saturated rings. The number of rotatable bonds is 7. The fraction of sp³-hybridized carbons (Fsp3) is 0.875. The molecule has 0 aliphatic carbocycles. The van der Waals surface area contributed by atoms with Crippen LogP contribution in [0.1, 0.15) is 6.92 Å². The van der Waals surface area contributed by atoms with Gasteiger partial charge in [0.2, 0.25) is 5.91 Å². The van der Waals surface area contributed by atoms with E-state index in [-0.39, 0.29) is 17.9 Å². The first-order chi connectivity index (χ1) is 6.52. The van der Waals surface area contributed by atoms with Crippen LogP contribution < -0.4 is 16.8 Å². The second kappa shape index (κ2) is 7.05. The number of thioether (sulfide) groups is 1. The second-order valence-corrected chi connectivity index (χ2v) is 4.24. The third kappa shape index (κ3) is 4.80. The monoisotopic (exact) mass is 221 g/mol. The number of aliphatic hydroxyl groups is 1. The topological polar surface area (TPSA) is 101 Å². The molecule has 0 aromatic heterocycles. The van der Waals surface area contributed by atoms with Gasteiger partial charge < -0.3 is 21.9 Å². The van der Waals surface area contributed by atoms with Crippen LogP contribution in [0.2, 0.25) is 0 Å². The highest BCUT2D eigenvalue weighted by molar-refractivity contribution is 7.99. The maximum atomic E-state index is 10.6. The van der Waals surface area contributed by atoms with Crippen molar-refractivity contribution in [2.24, 2.45) is 11.5 Å². The van der Waals surface area contributed by atoms with E-state index in [2.05, 4.69) is 5.32 Å². The zero-order valence-corrected chi connectivity index (χ0v) is 9.38. The predicted molar refractivity (Wildman–Crippen MR) is 59.0 cm³/mol. The molecule has 0 rings (SSSR count). The van der Waals surface area contributed by atoms with Gasteiger partial charge >= 0.3 is 0 Å². The molecule has 14 heavy (non-hydrogen) atoms. The standard InChI is InChI=1S/C8H19N3O2S/c1-5(7(4-12)14-2)11-3-6(9)8(10)13/h5-7,11-12H,3-4,9H2,1-2H3,(H2,10,13). The zero-order chi connectivity index (χ0) is 11.1. The molecule has 0 saturated heterocycles. The predicted octanol–water partition coefficient (Wildman–Crippen LogP) is -1.50. The summed E-state index contributed by atoms with van der Waals surface area (Å²) in [6, 6.07) is -0.570. The summed E-state index contributed by atoms with van der Waals surface area (Å²) >= 11 is 1.57. The second-order valence-electron chi connectivity index (χ2n) is 3.16. The van der Waals surface area contributed by atoms with E-state index in [9.17, 15) is 4.79 Å². The van der Waals surface area contributed by atoms with Crippen LogP contribution in [0.3, 0.4) is 0 Å². The number of hydrogen-bond acceptors (Lipinski definition) is 5. The van der Waals surface area contributed by atoms with Crippen molar-refractivity contribution in [2.45, 2.75) is 24.3 Å². The number of carbonyl (C=O) groups excluding carboxylic acids is 1. The highest BCUT2D eigenvalue weighted by Gasteiger charge is 2.16. The normalized spacial score (nSPS) is 17.4. The molecule has 0 aliphatic rings. The molecule has 1 amide bonds. The van der Waals surface area contributed by atoms with E-state index in [1.807, 2.05) is 13.2 Å². The van der Waals surface area contributed by atoms with E-state index in [1.165, 1.54) is 0 Å². The van der Waals surface area contributed by atoms with Crippen molar-refractivity contribution in [3.05, 3.63) is 0 Å². The minimum absolute atomic E-state index is 0.0976. The molecule has 3 unspecified atom stereocenters. The Bertz CT molecular complexity index is 176. The maximum Gasteiger partial charge on any atom is 0.235 e. The molecule has 6 heteroatoms. The summed E-state index contributed by atoms with van der Waals surface area (Å²) in [4.78, 5) is 10.6. The Labute approximate surface area is 88.6 Å². The highest BCUT2D eigenvalue weighted by atomic mass is 32.2. The summed E-state index contributed by atoms with van der Waals surface area (Å²) in [5.74, 6) is -0.519. The summed E-state index contributed by atoms with van der Waals surface area (Å²) in [5, 5.41) is 12.2. The molecule has 0 heterocycles. The summed E-state index contributed by atoms with van der Waals surface area (Å²) in [6.45, 7) is 2.37. The average Bonchev–Trinajstić information content (AvgIpc) is 2.15. The number of amides is 1. The first-order valence-electron chi connectivity index (χ1n) is 4.44. The van der Waals surface area contributed by atoms with Gasteiger partial charge in [0.05, 0.1) is 12.6 Å². The molecule has 84 valence electrons. The van der Waals surface area contributed by atoms with Crippen LogP contribution >= 0.6 is 11.8 Å². The SMILES string of the molecule is CSC(CO)C(C)NCC(N)C(N)=O. The van der Waals surface area contributed by atoms with Crippen LogP contribution in [0.5, 0.6) is 0 Å². The highest BCUT2D eigenvalue weighted by Crippen LogP contribution is 2.09. The van der Waals surface area contributed by atoms with E-state index in [1.54, 1.807) is 11.8 Å². The molecular formula is C8H19N3O2S. The Morgan fingerprint density at radius 3 is 2.57 bits per heavy atom.